The van der Waals surface area contributed by atoms with Crippen molar-refractivity contribution in [3.63, 3.8) is 0 Å². The highest BCUT2D eigenvalue weighted by atomic mass is 16.4. The number of carboxylic acids is 2. The molecule has 11 atom stereocenters. The molecule has 33 heavy (non-hydrogen) atoms. The lowest BCUT2D eigenvalue weighted by atomic mass is 9.41. The van der Waals surface area contributed by atoms with Gasteiger partial charge in [0.2, 0.25) is 0 Å². The van der Waals surface area contributed by atoms with Crippen molar-refractivity contribution in [2.45, 2.75) is 104 Å². The van der Waals surface area contributed by atoms with Crippen molar-refractivity contribution in [2.24, 2.45) is 50.7 Å². The first kappa shape index (κ1) is 23.6. The Morgan fingerprint density at radius 3 is 2.21 bits per heavy atom. The van der Waals surface area contributed by atoms with Crippen LogP contribution in [0.1, 0.15) is 91.9 Å². The van der Waals surface area contributed by atoms with Crippen molar-refractivity contribution in [1.29, 1.82) is 0 Å². The van der Waals surface area contributed by atoms with Crippen LogP contribution in [0, 0.1) is 50.7 Å². The number of carbonyl (C=O) groups is 2. The van der Waals surface area contributed by atoms with Crippen LogP contribution in [0.25, 0.3) is 0 Å². The van der Waals surface area contributed by atoms with Crippen LogP contribution in [0.4, 0.5) is 0 Å². The van der Waals surface area contributed by atoms with Gasteiger partial charge in [0.05, 0.1) is 17.6 Å². The number of aliphatic carboxylic acids is 2. The van der Waals surface area contributed by atoms with Crippen LogP contribution in [0.5, 0.6) is 0 Å². The molecule has 5 saturated carbocycles. The Balaban J connectivity index is 1.48. The third-order valence-corrected chi connectivity index (χ3v) is 12.8. The van der Waals surface area contributed by atoms with Gasteiger partial charge in [-0.2, -0.15) is 0 Å². The quantitative estimate of drug-likeness (QED) is 0.484. The smallest absolute Gasteiger partial charge is 0.312 e. The molecule has 6 nitrogen and oxygen atoms in total. The van der Waals surface area contributed by atoms with Gasteiger partial charge in [0.1, 0.15) is 0 Å². The molecule has 0 heterocycles. The molecule has 0 radical (unpaired) electrons. The summed E-state index contributed by atoms with van der Waals surface area (Å²) in [6.45, 7) is 8.84. The average Bonchev–Trinajstić information content (AvgIpc) is 3.35. The third-order valence-electron chi connectivity index (χ3n) is 12.8. The first-order valence-electron chi connectivity index (χ1n) is 13.1. The molecule has 0 bridgehead atoms. The molecule has 0 amide bonds. The first-order chi connectivity index (χ1) is 15.3. The van der Waals surface area contributed by atoms with Gasteiger partial charge >= 0.3 is 11.9 Å². The summed E-state index contributed by atoms with van der Waals surface area (Å²) in [5, 5.41) is 41.5. The molecule has 5 aliphatic rings. The third kappa shape index (κ3) is 2.58. The lowest BCUT2D eigenvalue weighted by Gasteiger charge is -2.63. The van der Waals surface area contributed by atoms with Gasteiger partial charge in [-0.15, -0.1) is 0 Å². The summed E-state index contributed by atoms with van der Waals surface area (Å²) >= 11 is 0. The molecular weight excluding hydrogens is 420 g/mol. The van der Waals surface area contributed by atoms with Crippen LogP contribution in [0.3, 0.4) is 0 Å². The molecule has 4 N–H and O–H groups in total. The van der Waals surface area contributed by atoms with Crippen molar-refractivity contribution in [1.82, 2.24) is 0 Å². The Kier molecular flexibility index (Phi) is 4.98. The van der Waals surface area contributed by atoms with Crippen LogP contribution in [-0.2, 0) is 9.59 Å². The van der Waals surface area contributed by atoms with E-state index in [1.807, 2.05) is 0 Å². The second-order valence-electron chi connectivity index (χ2n) is 13.3. The lowest BCUT2D eigenvalue weighted by molar-refractivity contribution is -0.210. The highest BCUT2D eigenvalue weighted by Crippen LogP contribution is 2.89. The summed E-state index contributed by atoms with van der Waals surface area (Å²) in [5.74, 6) is -0.488. The maximum absolute atomic E-state index is 12.4. The summed E-state index contributed by atoms with van der Waals surface area (Å²) in [6, 6.07) is 0. The van der Waals surface area contributed by atoms with Crippen LogP contribution in [-0.4, -0.2) is 44.6 Å². The molecule has 5 fully saturated rings. The topological polar surface area (TPSA) is 115 Å². The maximum Gasteiger partial charge on any atom is 0.312 e. The maximum atomic E-state index is 12.4. The van der Waals surface area contributed by atoms with Gasteiger partial charge in [-0.25, -0.2) is 0 Å². The molecule has 5 rings (SSSR count). The normalized spacial score (nSPS) is 55.5. The largest absolute Gasteiger partial charge is 0.481 e. The number of hydrogen-bond donors (Lipinski definition) is 4. The monoisotopic (exact) mass is 462 g/mol. The van der Waals surface area contributed by atoms with Gasteiger partial charge in [-0.3, -0.25) is 9.59 Å². The van der Waals surface area contributed by atoms with E-state index in [1.54, 1.807) is 6.92 Å². The minimum absolute atomic E-state index is 0.0143. The van der Waals surface area contributed by atoms with E-state index in [4.69, 9.17) is 0 Å². The van der Waals surface area contributed by atoms with E-state index in [0.29, 0.717) is 17.8 Å². The fourth-order valence-corrected chi connectivity index (χ4v) is 10.9. The van der Waals surface area contributed by atoms with Crippen LogP contribution < -0.4 is 0 Å². The zero-order valence-corrected chi connectivity index (χ0v) is 20.6. The van der Waals surface area contributed by atoms with Crippen molar-refractivity contribution in [3.8, 4) is 0 Å². The second-order valence-corrected chi connectivity index (χ2v) is 13.3. The Hall–Kier alpha value is -1.14. The lowest BCUT2D eigenvalue weighted by Crippen LogP contribution is -2.63. The van der Waals surface area contributed by atoms with Gasteiger partial charge < -0.3 is 20.4 Å². The molecule has 0 aliphatic heterocycles. The van der Waals surface area contributed by atoms with E-state index < -0.39 is 29.6 Å². The van der Waals surface area contributed by atoms with Crippen molar-refractivity contribution >= 4 is 11.9 Å². The summed E-state index contributed by atoms with van der Waals surface area (Å²) < 4.78 is 0. The Morgan fingerprint density at radius 2 is 1.58 bits per heavy atom. The molecule has 0 unspecified atom stereocenters. The van der Waals surface area contributed by atoms with E-state index in [2.05, 4.69) is 20.8 Å². The number of aliphatic hydroxyl groups excluding tert-OH is 2. The predicted octanol–water partition coefficient (Wildman–Crippen LogP) is 4.32. The summed E-state index contributed by atoms with van der Waals surface area (Å²) in [5.41, 5.74) is -1.32. The van der Waals surface area contributed by atoms with E-state index in [9.17, 15) is 30.0 Å². The number of hydrogen-bond acceptors (Lipinski definition) is 4. The van der Waals surface area contributed by atoms with Crippen molar-refractivity contribution < 1.29 is 30.0 Å². The number of rotatable bonds is 5. The minimum Gasteiger partial charge on any atom is -0.481 e. The Bertz CT molecular complexity index is 873. The van der Waals surface area contributed by atoms with E-state index in [1.165, 1.54) is 0 Å². The van der Waals surface area contributed by atoms with Gasteiger partial charge in [0.15, 0.2) is 0 Å². The molecule has 2 spiro atoms. The molecule has 0 aromatic heterocycles. The summed E-state index contributed by atoms with van der Waals surface area (Å²) in [6.07, 6.45) is 6.45. The molecule has 6 heteroatoms. The Morgan fingerprint density at radius 1 is 0.909 bits per heavy atom. The van der Waals surface area contributed by atoms with E-state index in [0.717, 1.165) is 51.4 Å². The Labute approximate surface area is 197 Å². The SMILES string of the molecule is C[C@H](CCC(=O)O)[C@H]1CC[C@@]2(C)[C@@H]3CC[C@@H]4[C@](C)(C(=O)O)[C@@H](O)C[C@H](O)[C@@]45C[C@@]35CC[C@]12C. The zero-order chi connectivity index (χ0) is 24.2. The minimum atomic E-state index is -1.20. The molecule has 5 aliphatic carbocycles. The van der Waals surface area contributed by atoms with Gasteiger partial charge in [-0.1, -0.05) is 20.8 Å². The number of aliphatic hydroxyl groups is 2. The van der Waals surface area contributed by atoms with Gasteiger partial charge in [0.25, 0.3) is 0 Å². The average molecular weight is 463 g/mol. The second kappa shape index (κ2) is 6.96. The molecular formula is C27H42O6. The fraction of sp³-hybridized carbons (Fsp3) is 0.926. The predicted molar refractivity (Wildman–Crippen MR) is 122 cm³/mol. The number of carboxylic acid groups (broad SMARTS) is 2. The molecule has 0 saturated heterocycles. The van der Waals surface area contributed by atoms with E-state index in [-0.39, 0.29) is 40.4 Å². The standard InChI is InChI=1S/C27H42O6/c1-15(5-8-21(30)31)16-9-10-24(3)17-6-7-18-25(4,22(32)33)19(28)13-20(29)27(18)14-26(17,27)12-11-23(16,24)2/h15-20,28-29H,5-14H2,1-4H3,(H,30,31)(H,32,33)/t15-,16-,17+,18-,19+,20+,23-,24+,25+,26+,27-/m1/s1. The highest BCUT2D eigenvalue weighted by Gasteiger charge is 2.85. The molecule has 0 aromatic rings. The summed E-state index contributed by atoms with van der Waals surface area (Å²) in [4.78, 5) is 23.6. The molecule has 0 aromatic carbocycles. The van der Waals surface area contributed by atoms with Crippen LogP contribution in [0.2, 0.25) is 0 Å². The van der Waals surface area contributed by atoms with Gasteiger partial charge in [0, 0.05) is 18.3 Å². The van der Waals surface area contributed by atoms with Crippen molar-refractivity contribution in [3.05, 3.63) is 0 Å². The summed E-state index contributed by atoms with van der Waals surface area (Å²) in [7, 11) is 0. The van der Waals surface area contributed by atoms with Crippen LogP contribution >= 0.6 is 0 Å². The highest BCUT2D eigenvalue weighted by molar-refractivity contribution is 5.76. The van der Waals surface area contributed by atoms with Crippen LogP contribution in [0.15, 0.2) is 0 Å². The number of fused-ring (bicyclic) bond motifs is 2. The zero-order valence-electron chi connectivity index (χ0n) is 20.6. The van der Waals surface area contributed by atoms with Crippen molar-refractivity contribution in [2.75, 3.05) is 0 Å². The first-order valence-corrected chi connectivity index (χ1v) is 13.1. The van der Waals surface area contributed by atoms with Gasteiger partial charge in [-0.05, 0) is 98.2 Å². The molecule has 186 valence electrons. The fourth-order valence-electron chi connectivity index (χ4n) is 10.9. The van der Waals surface area contributed by atoms with E-state index >= 15 is 0 Å².